The number of nitrogens with one attached hydrogen (secondary N) is 2. The molecule has 1 amide bonds. The molecule has 2 aliphatic heterocycles. The second-order valence-corrected chi connectivity index (χ2v) is 13.7. The Morgan fingerprint density at radius 3 is 2.33 bits per heavy atom. The summed E-state index contributed by atoms with van der Waals surface area (Å²) in [5, 5.41) is 6.62. The van der Waals surface area contributed by atoms with Crippen molar-refractivity contribution in [1.82, 2.24) is 10.2 Å². The van der Waals surface area contributed by atoms with E-state index in [1.807, 2.05) is 25.1 Å². The number of amides is 1. The number of anilines is 1. The molecule has 3 fully saturated rings. The fourth-order valence-corrected chi connectivity index (χ4v) is 8.71. The predicted molar refractivity (Wildman–Crippen MR) is 168 cm³/mol. The zero-order chi connectivity index (χ0) is 30.0. The first-order chi connectivity index (χ1) is 20.8. The van der Waals surface area contributed by atoms with E-state index in [0.29, 0.717) is 30.4 Å². The number of likely N-dealkylation sites (tertiary alicyclic amines) is 1. The number of carbonyl (C=O) groups is 1. The van der Waals surface area contributed by atoms with Crippen LogP contribution >= 0.6 is 0 Å². The molecule has 2 heterocycles. The van der Waals surface area contributed by atoms with Gasteiger partial charge in [0.25, 0.3) is 5.91 Å². The standard InChI is InChI=1S/C36H48F3N3O/c1-24-22-26(35(43)41-27-19-21-42(28-12-7-4-8-13-28)33(23-27)36(37,38)39)16-17-29(24)31-14-9-15-32-34(31)30(18-20-40-32)25-10-5-2-3-6-11-25/h9,14-17,22,25,27-28,30,33,40H,2-8,10-13,18-21,23H2,1H3,(H,41,43). The van der Waals surface area contributed by atoms with Crippen molar-refractivity contribution in [2.45, 2.75) is 127 Å². The molecule has 4 nitrogen and oxygen atoms in total. The van der Waals surface area contributed by atoms with Crippen molar-refractivity contribution in [3.8, 4) is 11.1 Å². The van der Waals surface area contributed by atoms with Crippen molar-refractivity contribution in [3.63, 3.8) is 0 Å². The Labute approximate surface area is 255 Å². The monoisotopic (exact) mass is 595 g/mol. The highest BCUT2D eigenvalue weighted by Gasteiger charge is 2.49. The van der Waals surface area contributed by atoms with Crippen molar-refractivity contribution < 1.29 is 18.0 Å². The minimum absolute atomic E-state index is 0.00769. The molecule has 0 radical (unpaired) electrons. The molecule has 0 bridgehead atoms. The number of piperidine rings is 1. The van der Waals surface area contributed by atoms with E-state index in [0.717, 1.165) is 56.2 Å². The van der Waals surface area contributed by atoms with Crippen LogP contribution in [0.15, 0.2) is 36.4 Å². The zero-order valence-electron chi connectivity index (χ0n) is 25.7. The molecule has 1 saturated heterocycles. The highest BCUT2D eigenvalue weighted by molar-refractivity contribution is 5.95. The van der Waals surface area contributed by atoms with Crippen LogP contribution in [0.5, 0.6) is 0 Å². The summed E-state index contributed by atoms with van der Waals surface area (Å²) < 4.78 is 42.5. The lowest BCUT2D eigenvalue weighted by atomic mass is 9.74. The van der Waals surface area contributed by atoms with Gasteiger partial charge in [0, 0.05) is 36.4 Å². The summed E-state index contributed by atoms with van der Waals surface area (Å²) in [5.74, 6) is 0.966. The fourth-order valence-electron chi connectivity index (χ4n) is 8.71. The molecule has 6 rings (SSSR count). The smallest absolute Gasteiger partial charge is 0.385 e. The van der Waals surface area contributed by atoms with Gasteiger partial charge in [0.1, 0.15) is 6.04 Å². The second-order valence-electron chi connectivity index (χ2n) is 13.7. The molecule has 3 atom stereocenters. The Morgan fingerprint density at radius 1 is 0.884 bits per heavy atom. The molecular formula is C36H48F3N3O. The third-order valence-electron chi connectivity index (χ3n) is 10.9. The highest BCUT2D eigenvalue weighted by Crippen LogP contribution is 2.47. The molecular weight excluding hydrogens is 547 g/mol. The van der Waals surface area contributed by atoms with Crippen molar-refractivity contribution >= 4 is 11.6 Å². The average molecular weight is 596 g/mol. The first-order valence-electron chi connectivity index (χ1n) is 16.9. The minimum atomic E-state index is -4.29. The molecule has 3 unspecified atom stereocenters. The summed E-state index contributed by atoms with van der Waals surface area (Å²) in [6, 6.07) is 10.4. The molecule has 234 valence electrons. The lowest BCUT2D eigenvalue weighted by Gasteiger charge is -2.45. The van der Waals surface area contributed by atoms with Crippen LogP contribution in [0.1, 0.15) is 117 Å². The molecule has 2 N–H and O–H groups in total. The average Bonchev–Trinajstić information content (AvgIpc) is 3.30. The third kappa shape index (κ3) is 6.77. The summed E-state index contributed by atoms with van der Waals surface area (Å²) in [6.45, 7) is 3.43. The van der Waals surface area contributed by atoms with Gasteiger partial charge in [-0.05, 0) is 104 Å². The van der Waals surface area contributed by atoms with E-state index in [4.69, 9.17) is 0 Å². The van der Waals surface area contributed by atoms with E-state index >= 15 is 0 Å². The summed E-state index contributed by atoms with van der Waals surface area (Å²) in [4.78, 5) is 15.1. The van der Waals surface area contributed by atoms with Gasteiger partial charge in [-0.25, -0.2) is 0 Å². The molecule has 43 heavy (non-hydrogen) atoms. The van der Waals surface area contributed by atoms with Crippen molar-refractivity contribution in [2.24, 2.45) is 5.92 Å². The zero-order valence-corrected chi connectivity index (χ0v) is 25.7. The lowest BCUT2D eigenvalue weighted by Crippen LogP contribution is -2.58. The van der Waals surface area contributed by atoms with Gasteiger partial charge in [0.15, 0.2) is 0 Å². The Bertz CT molecular complexity index is 1260. The van der Waals surface area contributed by atoms with Gasteiger partial charge in [0.05, 0.1) is 0 Å². The first-order valence-corrected chi connectivity index (χ1v) is 16.9. The van der Waals surface area contributed by atoms with Crippen LogP contribution < -0.4 is 10.6 Å². The summed E-state index contributed by atoms with van der Waals surface area (Å²) in [6.07, 6.45) is 10.1. The molecule has 0 aromatic heterocycles. The van der Waals surface area contributed by atoms with Gasteiger partial charge in [-0.2, -0.15) is 13.2 Å². The Balaban J connectivity index is 1.18. The van der Waals surface area contributed by atoms with Gasteiger partial charge in [-0.1, -0.05) is 63.1 Å². The van der Waals surface area contributed by atoms with E-state index in [2.05, 4.69) is 28.8 Å². The number of benzene rings is 2. The van der Waals surface area contributed by atoms with Crippen LogP contribution in [0.25, 0.3) is 11.1 Å². The Morgan fingerprint density at radius 2 is 1.60 bits per heavy atom. The summed E-state index contributed by atoms with van der Waals surface area (Å²) >= 11 is 0. The van der Waals surface area contributed by atoms with E-state index in [1.165, 1.54) is 55.3 Å². The second kappa shape index (κ2) is 13.2. The van der Waals surface area contributed by atoms with Crippen molar-refractivity contribution in [2.75, 3.05) is 18.4 Å². The van der Waals surface area contributed by atoms with E-state index in [1.54, 1.807) is 4.90 Å². The molecule has 2 aromatic carbocycles. The van der Waals surface area contributed by atoms with Crippen LogP contribution in [-0.2, 0) is 0 Å². The van der Waals surface area contributed by atoms with Crippen LogP contribution in [0.4, 0.5) is 18.9 Å². The number of hydrogen-bond donors (Lipinski definition) is 2. The lowest BCUT2D eigenvalue weighted by molar-refractivity contribution is -0.201. The number of aryl methyl sites for hydroxylation is 1. The van der Waals surface area contributed by atoms with Gasteiger partial charge in [-0.3, -0.25) is 9.69 Å². The van der Waals surface area contributed by atoms with Gasteiger partial charge in [-0.15, -0.1) is 0 Å². The number of nitrogens with zero attached hydrogens (tertiary/aromatic N) is 1. The Kier molecular flexibility index (Phi) is 9.37. The fraction of sp³-hybridized carbons (Fsp3) is 0.639. The predicted octanol–water partition coefficient (Wildman–Crippen LogP) is 8.99. The largest absolute Gasteiger partial charge is 0.404 e. The number of carbonyl (C=O) groups excluding carboxylic acids is 1. The maximum absolute atomic E-state index is 14.2. The molecule has 2 aliphatic carbocycles. The number of hydrogen-bond acceptors (Lipinski definition) is 3. The number of fused-ring (bicyclic) bond motifs is 1. The summed E-state index contributed by atoms with van der Waals surface area (Å²) in [5.41, 5.74) is 6.57. The van der Waals surface area contributed by atoms with E-state index in [9.17, 15) is 18.0 Å². The third-order valence-corrected chi connectivity index (χ3v) is 10.9. The van der Waals surface area contributed by atoms with E-state index < -0.39 is 18.3 Å². The quantitative estimate of drug-likeness (QED) is 0.339. The van der Waals surface area contributed by atoms with Crippen molar-refractivity contribution in [3.05, 3.63) is 53.1 Å². The van der Waals surface area contributed by atoms with Crippen molar-refractivity contribution in [1.29, 1.82) is 0 Å². The SMILES string of the molecule is Cc1cc(C(=O)NC2CCN(C3CCCCC3)C(C(F)(F)F)C2)ccc1-c1cccc2c1C(C1CCCCCC1)CCN2. The number of rotatable bonds is 5. The van der Waals surface area contributed by atoms with Crippen LogP contribution in [0, 0.1) is 12.8 Å². The Hall–Kier alpha value is -2.54. The normalized spacial score (nSPS) is 26.3. The minimum Gasteiger partial charge on any atom is -0.385 e. The van der Waals surface area contributed by atoms with Gasteiger partial charge >= 0.3 is 6.18 Å². The highest BCUT2D eigenvalue weighted by atomic mass is 19.4. The molecule has 2 saturated carbocycles. The summed E-state index contributed by atoms with van der Waals surface area (Å²) in [7, 11) is 0. The van der Waals surface area contributed by atoms with Gasteiger partial charge < -0.3 is 10.6 Å². The molecule has 0 spiro atoms. The maximum Gasteiger partial charge on any atom is 0.404 e. The van der Waals surface area contributed by atoms with Crippen LogP contribution in [0.3, 0.4) is 0 Å². The number of halogens is 3. The maximum atomic E-state index is 14.2. The van der Waals surface area contributed by atoms with Crippen LogP contribution in [-0.4, -0.2) is 48.2 Å². The number of alkyl halides is 3. The molecule has 7 heteroatoms. The first kappa shape index (κ1) is 30.5. The van der Waals surface area contributed by atoms with Crippen LogP contribution in [0.2, 0.25) is 0 Å². The van der Waals surface area contributed by atoms with E-state index in [-0.39, 0.29) is 18.4 Å². The van der Waals surface area contributed by atoms with Gasteiger partial charge in [0.2, 0.25) is 0 Å². The topological polar surface area (TPSA) is 44.4 Å². The molecule has 4 aliphatic rings. The molecule has 2 aromatic rings.